The lowest BCUT2D eigenvalue weighted by atomic mass is 10.1. The van der Waals surface area contributed by atoms with Gasteiger partial charge in [0.1, 0.15) is 0 Å². The van der Waals surface area contributed by atoms with Gasteiger partial charge >= 0.3 is 11.6 Å². The van der Waals surface area contributed by atoms with Crippen molar-refractivity contribution in [3.63, 3.8) is 0 Å². The molecule has 0 bridgehead atoms. The number of hydrogen-bond donors (Lipinski definition) is 1. The molecule has 0 aliphatic carbocycles. The van der Waals surface area contributed by atoms with Crippen LogP contribution in [0.3, 0.4) is 0 Å². The van der Waals surface area contributed by atoms with Crippen LogP contribution in [0.25, 0.3) is 10.8 Å². The van der Waals surface area contributed by atoms with Crippen molar-refractivity contribution in [3.8, 4) is 5.95 Å². The standard InChI is InChI=1S/C18H13NO5/c1-23-16(20)13-8-4-5-9-15(13)19-10-14-11-6-2-3-7-12(11)17(21)24-18(14)22/h2-10,22H,1H3. The first-order valence-corrected chi connectivity index (χ1v) is 7.08. The van der Waals surface area contributed by atoms with E-state index in [0.29, 0.717) is 16.5 Å². The van der Waals surface area contributed by atoms with Crippen LogP contribution in [-0.4, -0.2) is 24.4 Å². The summed E-state index contributed by atoms with van der Waals surface area (Å²) in [4.78, 5) is 27.8. The third-order valence-electron chi connectivity index (χ3n) is 3.50. The molecule has 0 saturated heterocycles. The minimum atomic E-state index is -0.629. The minimum absolute atomic E-state index is 0.255. The predicted octanol–water partition coefficient (Wildman–Crippen LogP) is 3.04. The molecule has 0 aliphatic heterocycles. The summed E-state index contributed by atoms with van der Waals surface area (Å²) in [6.07, 6.45) is 1.35. The number of carbonyl (C=O) groups excluding carboxylic acids is 1. The number of aliphatic imine (C=N–C) groups is 1. The van der Waals surface area contributed by atoms with Crippen LogP contribution in [0.4, 0.5) is 5.69 Å². The zero-order chi connectivity index (χ0) is 17.1. The molecule has 0 atom stereocenters. The highest BCUT2D eigenvalue weighted by molar-refractivity contribution is 6.02. The van der Waals surface area contributed by atoms with E-state index in [1.165, 1.54) is 13.3 Å². The number of benzene rings is 2. The Bertz CT molecular complexity index is 1000. The Morgan fingerprint density at radius 3 is 2.54 bits per heavy atom. The van der Waals surface area contributed by atoms with Gasteiger partial charge in [-0.15, -0.1) is 0 Å². The molecule has 0 fully saturated rings. The van der Waals surface area contributed by atoms with Gasteiger partial charge in [-0.25, -0.2) is 9.59 Å². The molecule has 3 rings (SSSR count). The Labute approximate surface area is 136 Å². The lowest BCUT2D eigenvalue weighted by molar-refractivity contribution is 0.0601. The predicted molar refractivity (Wildman–Crippen MR) is 89.2 cm³/mol. The van der Waals surface area contributed by atoms with E-state index >= 15 is 0 Å². The van der Waals surface area contributed by atoms with Gasteiger partial charge in [0.15, 0.2) is 0 Å². The fourth-order valence-electron chi connectivity index (χ4n) is 2.34. The van der Waals surface area contributed by atoms with Crippen LogP contribution in [0, 0.1) is 0 Å². The van der Waals surface area contributed by atoms with Crippen LogP contribution in [0.5, 0.6) is 5.95 Å². The van der Waals surface area contributed by atoms with Gasteiger partial charge in [-0.1, -0.05) is 30.3 Å². The third kappa shape index (κ3) is 2.77. The number of methoxy groups -OCH3 is 1. The van der Waals surface area contributed by atoms with Crippen LogP contribution in [0.15, 0.2) is 62.7 Å². The molecule has 24 heavy (non-hydrogen) atoms. The first-order chi connectivity index (χ1) is 11.6. The molecule has 1 N–H and O–H groups in total. The SMILES string of the molecule is COC(=O)c1ccccc1N=Cc1c(O)oc(=O)c2ccccc12. The molecule has 6 heteroatoms. The van der Waals surface area contributed by atoms with Crippen LogP contribution in [-0.2, 0) is 4.74 Å². The normalized spacial score (nSPS) is 11.0. The van der Waals surface area contributed by atoms with E-state index in [-0.39, 0.29) is 11.1 Å². The lowest BCUT2D eigenvalue weighted by Crippen LogP contribution is -2.02. The van der Waals surface area contributed by atoms with E-state index < -0.39 is 17.5 Å². The fourth-order valence-corrected chi connectivity index (χ4v) is 2.34. The second-order valence-electron chi connectivity index (χ2n) is 4.92. The molecule has 0 aliphatic rings. The van der Waals surface area contributed by atoms with Crippen molar-refractivity contribution >= 4 is 28.6 Å². The molecule has 1 heterocycles. The molecule has 120 valence electrons. The Morgan fingerprint density at radius 1 is 1.12 bits per heavy atom. The zero-order valence-electron chi connectivity index (χ0n) is 12.7. The second kappa shape index (κ2) is 6.37. The van der Waals surface area contributed by atoms with Gasteiger partial charge in [0.2, 0.25) is 0 Å². The quantitative estimate of drug-likeness (QED) is 0.591. The Hall–Kier alpha value is -3.41. The molecule has 0 saturated carbocycles. The molecule has 2 aromatic carbocycles. The number of carbonyl (C=O) groups is 1. The van der Waals surface area contributed by atoms with Crippen LogP contribution in [0.1, 0.15) is 15.9 Å². The Kier molecular flexibility index (Phi) is 4.11. The van der Waals surface area contributed by atoms with Gasteiger partial charge in [0.05, 0.1) is 29.3 Å². The van der Waals surface area contributed by atoms with E-state index in [4.69, 9.17) is 9.15 Å². The smallest absolute Gasteiger partial charge is 0.346 e. The molecule has 3 aromatic rings. The van der Waals surface area contributed by atoms with E-state index in [1.54, 1.807) is 48.5 Å². The van der Waals surface area contributed by atoms with Crippen molar-refractivity contribution in [2.45, 2.75) is 0 Å². The molecule has 0 spiro atoms. The summed E-state index contributed by atoms with van der Waals surface area (Å²) in [6, 6.07) is 13.4. The molecule has 0 radical (unpaired) electrons. The summed E-state index contributed by atoms with van der Waals surface area (Å²) in [6.45, 7) is 0. The van der Waals surface area contributed by atoms with Gasteiger partial charge < -0.3 is 14.3 Å². The number of fused-ring (bicyclic) bond motifs is 1. The summed E-state index contributed by atoms with van der Waals surface area (Å²) in [5.74, 6) is -1.05. The summed E-state index contributed by atoms with van der Waals surface area (Å²) in [5.41, 5.74) is 0.288. The van der Waals surface area contributed by atoms with Gasteiger partial charge in [-0.05, 0) is 18.2 Å². The molecule has 0 unspecified atom stereocenters. The van der Waals surface area contributed by atoms with Crippen molar-refractivity contribution in [2.75, 3.05) is 7.11 Å². The van der Waals surface area contributed by atoms with E-state index in [9.17, 15) is 14.7 Å². The van der Waals surface area contributed by atoms with Crippen molar-refractivity contribution in [1.29, 1.82) is 0 Å². The van der Waals surface area contributed by atoms with Gasteiger partial charge in [0.25, 0.3) is 5.95 Å². The van der Waals surface area contributed by atoms with Crippen LogP contribution < -0.4 is 5.63 Å². The largest absolute Gasteiger partial charge is 0.480 e. The number of hydrogen-bond acceptors (Lipinski definition) is 6. The molecule has 1 aromatic heterocycles. The lowest BCUT2D eigenvalue weighted by Gasteiger charge is -2.04. The molecule has 0 amide bonds. The summed E-state index contributed by atoms with van der Waals surface area (Å²) >= 11 is 0. The third-order valence-corrected chi connectivity index (χ3v) is 3.50. The fraction of sp³-hybridized carbons (Fsp3) is 0.0556. The molecular weight excluding hydrogens is 310 g/mol. The maximum atomic E-state index is 11.8. The van der Waals surface area contributed by atoms with Crippen molar-refractivity contribution in [1.82, 2.24) is 0 Å². The van der Waals surface area contributed by atoms with Crippen LogP contribution >= 0.6 is 0 Å². The average Bonchev–Trinajstić information content (AvgIpc) is 2.61. The minimum Gasteiger partial charge on any atom is -0.480 e. The number of nitrogens with zero attached hydrogens (tertiary/aromatic N) is 1. The van der Waals surface area contributed by atoms with Gasteiger partial charge in [0, 0.05) is 11.6 Å². The topological polar surface area (TPSA) is 89.1 Å². The van der Waals surface area contributed by atoms with E-state index in [1.807, 2.05) is 0 Å². The van der Waals surface area contributed by atoms with E-state index in [2.05, 4.69) is 4.99 Å². The maximum absolute atomic E-state index is 11.8. The summed E-state index contributed by atoms with van der Waals surface area (Å²) < 4.78 is 9.54. The number of rotatable bonds is 3. The van der Waals surface area contributed by atoms with Crippen molar-refractivity contribution in [3.05, 3.63) is 70.1 Å². The molecular formula is C18H13NO5. The van der Waals surface area contributed by atoms with E-state index in [0.717, 1.165) is 0 Å². The highest BCUT2D eigenvalue weighted by atomic mass is 16.5. The van der Waals surface area contributed by atoms with Crippen molar-refractivity contribution < 1.29 is 19.1 Å². The highest BCUT2D eigenvalue weighted by Crippen LogP contribution is 2.25. The zero-order valence-corrected chi connectivity index (χ0v) is 12.7. The number of esters is 1. The highest BCUT2D eigenvalue weighted by Gasteiger charge is 2.13. The molecule has 6 nitrogen and oxygen atoms in total. The monoisotopic (exact) mass is 323 g/mol. The van der Waals surface area contributed by atoms with Gasteiger partial charge in [-0.2, -0.15) is 0 Å². The van der Waals surface area contributed by atoms with Crippen LogP contribution in [0.2, 0.25) is 0 Å². The average molecular weight is 323 g/mol. The summed E-state index contributed by atoms with van der Waals surface area (Å²) in [5, 5.41) is 10.8. The first-order valence-electron chi connectivity index (χ1n) is 7.08. The number of para-hydroxylation sites is 1. The van der Waals surface area contributed by atoms with Gasteiger partial charge in [-0.3, -0.25) is 4.99 Å². The maximum Gasteiger partial charge on any atom is 0.346 e. The Balaban J connectivity index is 2.13. The first kappa shape index (κ1) is 15.5. The summed E-state index contributed by atoms with van der Waals surface area (Å²) in [7, 11) is 1.29. The Morgan fingerprint density at radius 2 is 1.79 bits per heavy atom. The second-order valence-corrected chi connectivity index (χ2v) is 4.92. The van der Waals surface area contributed by atoms with Crippen molar-refractivity contribution in [2.24, 2.45) is 4.99 Å². The number of aromatic hydroxyl groups is 1. The number of ether oxygens (including phenoxy) is 1.